The van der Waals surface area contributed by atoms with Gasteiger partial charge in [0.1, 0.15) is 5.82 Å². The SMILES string of the molecule is CCN(Cc1nc2ccc(C(=O)NCCCc3cncn3C)cc2[nH]1)C1CCCc2cccnc21. The number of amides is 1. The Kier molecular flexibility index (Phi) is 6.90. The maximum atomic E-state index is 12.7. The maximum absolute atomic E-state index is 12.7. The molecule has 182 valence electrons. The standard InChI is InChI=1S/C27H33N7O/c1-3-34(24-10-4-7-19-8-5-13-29-26(19)24)17-25-31-22-12-11-20(15-23(22)32-25)27(35)30-14-6-9-21-16-28-18-33(21)2/h5,8,11-13,15-16,18,24H,3-4,6-7,9-10,14,17H2,1-2H3,(H,30,35)(H,31,32). The van der Waals surface area contributed by atoms with E-state index in [0.717, 1.165) is 55.6 Å². The second-order valence-electron chi connectivity index (χ2n) is 9.29. The van der Waals surface area contributed by atoms with Crippen molar-refractivity contribution in [1.82, 2.24) is 34.7 Å². The molecular weight excluding hydrogens is 438 g/mol. The zero-order valence-corrected chi connectivity index (χ0v) is 20.5. The number of fused-ring (bicyclic) bond motifs is 2. The van der Waals surface area contributed by atoms with Gasteiger partial charge in [-0.3, -0.25) is 14.7 Å². The van der Waals surface area contributed by atoms with Crippen molar-refractivity contribution in [3.8, 4) is 0 Å². The average molecular weight is 472 g/mol. The van der Waals surface area contributed by atoms with Gasteiger partial charge in [-0.2, -0.15) is 0 Å². The van der Waals surface area contributed by atoms with Crippen LogP contribution in [0.2, 0.25) is 0 Å². The van der Waals surface area contributed by atoms with E-state index in [0.29, 0.717) is 18.2 Å². The van der Waals surface area contributed by atoms with E-state index in [4.69, 9.17) is 9.97 Å². The fraction of sp³-hybridized carbons (Fsp3) is 0.407. The van der Waals surface area contributed by atoms with Gasteiger partial charge in [0.15, 0.2) is 0 Å². The van der Waals surface area contributed by atoms with Crippen molar-refractivity contribution in [2.45, 2.75) is 51.6 Å². The van der Waals surface area contributed by atoms with E-state index < -0.39 is 0 Å². The van der Waals surface area contributed by atoms with Crippen LogP contribution in [0, 0.1) is 0 Å². The van der Waals surface area contributed by atoms with Crippen molar-refractivity contribution >= 4 is 16.9 Å². The molecule has 1 aliphatic rings. The van der Waals surface area contributed by atoms with Crippen molar-refractivity contribution < 1.29 is 4.79 Å². The highest BCUT2D eigenvalue weighted by Gasteiger charge is 2.27. The first-order valence-electron chi connectivity index (χ1n) is 12.5. The molecule has 8 heteroatoms. The highest BCUT2D eigenvalue weighted by molar-refractivity contribution is 5.97. The average Bonchev–Trinajstić information content (AvgIpc) is 3.49. The van der Waals surface area contributed by atoms with Gasteiger partial charge in [-0.05, 0) is 68.5 Å². The molecule has 1 atom stereocenters. The molecule has 4 aromatic rings. The van der Waals surface area contributed by atoms with Crippen molar-refractivity contribution in [2.24, 2.45) is 7.05 Å². The summed E-state index contributed by atoms with van der Waals surface area (Å²) in [5.74, 6) is 0.853. The van der Waals surface area contributed by atoms with Crippen molar-refractivity contribution in [3.05, 3.63) is 77.4 Å². The van der Waals surface area contributed by atoms with Crippen molar-refractivity contribution in [3.63, 3.8) is 0 Å². The van der Waals surface area contributed by atoms with E-state index in [1.807, 2.05) is 48.3 Å². The zero-order chi connectivity index (χ0) is 24.2. The van der Waals surface area contributed by atoms with E-state index in [9.17, 15) is 4.79 Å². The normalized spacial score (nSPS) is 15.5. The van der Waals surface area contributed by atoms with E-state index in [1.54, 1.807) is 6.33 Å². The third kappa shape index (κ3) is 5.12. The Labute approximate surface area is 205 Å². The third-order valence-corrected chi connectivity index (χ3v) is 6.97. The minimum atomic E-state index is -0.0619. The summed E-state index contributed by atoms with van der Waals surface area (Å²) in [5.41, 5.74) is 6.15. The largest absolute Gasteiger partial charge is 0.352 e. The Hall–Kier alpha value is -3.52. The van der Waals surface area contributed by atoms with Crippen molar-refractivity contribution in [1.29, 1.82) is 0 Å². The Bertz CT molecular complexity index is 1310. The van der Waals surface area contributed by atoms with Crippen LogP contribution < -0.4 is 5.32 Å². The first kappa shape index (κ1) is 23.2. The molecule has 2 N–H and O–H groups in total. The highest BCUT2D eigenvalue weighted by atomic mass is 16.1. The summed E-state index contributed by atoms with van der Waals surface area (Å²) in [5, 5.41) is 3.03. The molecule has 1 aliphatic carbocycles. The second kappa shape index (κ2) is 10.4. The van der Waals surface area contributed by atoms with E-state index in [-0.39, 0.29) is 5.91 Å². The number of H-pyrrole nitrogens is 1. The number of hydrogen-bond acceptors (Lipinski definition) is 5. The summed E-state index contributed by atoms with van der Waals surface area (Å²) in [6.07, 6.45) is 10.7. The van der Waals surface area contributed by atoms with Crippen LogP contribution in [0.3, 0.4) is 0 Å². The van der Waals surface area contributed by atoms with E-state index in [1.165, 1.54) is 23.4 Å². The number of aromatic nitrogens is 5. The molecule has 1 aromatic carbocycles. The van der Waals surface area contributed by atoms with Crippen molar-refractivity contribution in [2.75, 3.05) is 13.1 Å². The Balaban J connectivity index is 1.23. The lowest BCUT2D eigenvalue weighted by Crippen LogP contribution is -2.32. The third-order valence-electron chi connectivity index (χ3n) is 6.97. The summed E-state index contributed by atoms with van der Waals surface area (Å²) >= 11 is 0. The molecule has 3 heterocycles. The van der Waals surface area contributed by atoms with Crippen LogP contribution in [-0.2, 0) is 26.4 Å². The molecule has 0 saturated carbocycles. The molecule has 0 fully saturated rings. The van der Waals surface area contributed by atoms with Crippen LogP contribution >= 0.6 is 0 Å². The minimum Gasteiger partial charge on any atom is -0.352 e. The first-order valence-corrected chi connectivity index (χ1v) is 12.5. The quantitative estimate of drug-likeness (QED) is 0.361. The lowest BCUT2D eigenvalue weighted by Gasteiger charge is -2.33. The Morgan fingerprint density at radius 2 is 2.23 bits per heavy atom. The lowest BCUT2D eigenvalue weighted by molar-refractivity contribution is 0.0953. The predicted molar refractivity (Wildman–Crippen MR) is 136 cm³/mol. The number of nitrogens with one attached hydrogen (secondary N) is 2. The summed E-state index contributed by atoms with van der Waals surface area (Å²) < 4.78 is 2.01. The molecule has 0 bridgehead atoms. The number of benzene rings is 1. The predicted octanol–water partition coefficient (Wildman–Crippen LogP) is 3.95. The van der Waals surface area contributed by atoms with E-state index in [2.05, 4.69) is 33.2 Å². The Morgan fingerprint density at radius 1 is 1.31 bits per heavy atom. The molecule has 3 aromatic heterocycles. The van der Waals surface area contributed by atoms with Crippen LogP contribution in [0.1, 0.15) is 65.4 Å². The number of aromatic amines is 1. The summed E-state index contributed by atoms with van der Waals surface area (Å²) in [4.78, 5) is 32.2. The van der Waals surface area contributed by atoms with Crippen LogP contribution in [0.5, 0.6) is 0 Å². The van der Waals surface area contributed by atoms with Gasteiger partial charge >= 0.3 is 0 Å². The topological polar surface area (TPSA) is 91.7 Å². The maximum Gasteiger partial charge on any atom is 0.251 e. The van der Waals surface area contributed by atoms with Gasteiger partial charge in [-0.15, -0.1) is 0 Å². The first-order chi connectivity index (χ1) is 17.1. The number of pyridine rings is 1. The molecule has 0 aliphatic heterocycles. The number of imidazole rings is 2. The zero-order valence-electron chi connectivity index (χ0n) is 20.5. The molecule has 1 unspecified atom stereocenters. The summed E-state index contributed by atoms with van der Waals surface area (Å²) in [6, 6.07) is 10.2. The fourth-order valence-corrected chi connectivity index (χ4v) is 5.05. The number of rotatable bonds is 9. The number of hydrogen-bond donors (Lipinski definition) is 2. The fourth-order valence-electron chi connectivity index (χ4n) is 5.05. The summed E-state index contributed by atoms with van der Waals surface area (Å²) in [6.45, 7) is 4.46. The molecule has 0 radical (unpaired) electrons. The summed E-state index contributed by atoms with van der Waals surface area (Å²) in [7, 11) is 1.99. The number of carbonyl (C=O) groups is 1. The van der Waals surface area contributed by atoms with Gasteiger partial charge in [0.2, 0.25) is 0 Å². The molecule has 35 heavy (non-hydrogen) atoms. The number of aryl methyl sites for hydroxylation is 3. The Morgan fingerprint density at radius 3 is 3.06 bits per heavy atom. The van der Waals surface area contributed by atoms with Gasteiger partial charge in [0, 0.05) is 37.2 Å². The van der Waals surface area contributed by atoms with Crippen LogP contribution in [-0.4, -0.2) is 48.4 Å². The second-order valence-corrected chi connectivity index (χ2v) is 9.29. The molecule has 0 spiro atoms. The van der Waals surface area contributed by atoms with Gasteiger partial charge < -0.3 is 14.9 Å². The number of carbonyl (C=O) groups excluding carboxylic acids is 1. The molecule has 8 nitrogen and oxygen atoms in total. The number of nitrogens with zero attached hydrogens (tertiary/aromatic N) is 5. The van der Waals surface area contributed by atoms with Gasteiger partial charge in [0.25, 0.3) is 5.91 Å². The van der Waals surface area contributed by atoms with Crippen LogP contribution in [0.15, 0.2) is 49.1 Å². The van der Waals surface area contributed by atoms with Gasteiger partial charge in [0.05, 0.1) is 35.6 Å². The lowest BCUT2D eigenvalue weighted by atomic mass is 9.91. The molecule has 0 saturated heterocycles. The monoisotopic (exact) mass is 471 g/mol. The van der Waals surface area contributed by atoms with Crippen LogP contribution in [0.4, 0.5) is 0 Å². The van der Waals surface area contributed by atoms with Gasteiger partial charge in [-0.1, -0.05) is 13.0 Å². The minimum absolute atomic E-state index is 0.0619. The molecular formula is C27H33N7O. The highest BCUT2D eigenvalue weighted by Crippen LogP contribution is 2.33. The smallest absolute Gasteiger partial charge is 0.251 e. The molecule has 1 amide bonds. The van der Waals surface area contributed by atoms with Crippen LogP contribution in [0.25, 0.3) is 11.0 Å². The van der Waals surface area contributed by atoms with Gasteiger partial charge in [-0.25, -0.2) is 9.97 Å². The molecule has 5 rings (SSSR count). The van der Waals surface area contributed by atoms with E-state index >= 15 is 0 Å².